The third-order valence-corrected chi connectivity index (χ3v) is 29.3. The molecule has 16 atom stereocenters. The number of carbonyl (C=O) groups is 14. The number of benzene rings is 5. The van der Waals surface area contributed by atoms with Crippen molar-refractivity contribution in [2.24, 2.45) is 47.0 Å². The van der Waals surface area contributed by atoms with Gasteiger partial charge in [0.25, 0.3) is 11.8 Å². The molecule has 9 aliphatic rings. The number of unbranched alkanes of at least 4 members (excludes halogenated alkanes) is 3. The number of imide groups is 1. The number of fused-ring (bicyclic) bond motifs is 1. The Labute approximate surface area is 820 Å². The maximum atomic E-state index is 14.0. The molecule has 6 unspecified atom stereocenters. The number of likely N-dealkylation sites (N-methyl/N-ethyl adjacent to an activating group) is 2. The van der Waals surface area contributed by atoms with Gasteiger partial charge >= 0.3 is 41.8 Å². The fourth-order valence-electron chi connectivity index (χ4n) is 21.2. The molecule has 5 aromatic rings. The van der Waals surface area contributed by atoms with Gasteiger partial charge in [-0.25, -0.2) is 9.59 Å². The number of ketones is 3. The summed E-state index contributed by atoms with van der Waals surface area (Å²) in [4.78, 5) is 185. The van der Waals surface area contributed by atoms with Crippen LogP contribution in [0.25, 0.3) is 10.8 Å². The van der Waals surface area contributed by atoms with E-state index in [4.69, 9.17) is 54.9 Å². The van der Waals surface area contributed by atoms with Crippen LogP contribution >= 0.6 is 18.9 Å². The van der Waals surface area contributed by atoms with Crippen LogP contribution in [0.15, 0.2) is 96.8 Å². The number of Topliss-reactive ketones (excluding diaryl/α,β-unsaturated/α-hetero) is 3. The van der Waals surface area contributed by atoms with Crippen LogP contribution in [0.2, 0.25) is 0 Å². The van der Waals surface area contributed by atoms with Crippen molar-refractivity contribution >= 4 is 118 Å². The van der Waals surface area contributed by atoms with Gasteiger partial charge in [-0.2, -0.15) is 0 Å². The van der Waals surface area contributed by atoms with Crippen LogP contribution in [0.1, 0.15) is 225 Å². The molecule has 38 heteroatoms. The third kappa shape index (κ3) is 26.3. The number of carboxylic acids is 2. The minimum atomic E-state index is -1.22. The summed E-state index contributed by atoms with van der Waals surface area (Å²) >= 11 is 0. The van der Waals surface area contributed by atoms with Crippen LogP contribution < -0.4 is 61.2 Å². The summed E-state index contributed by atoms with van der Waals surface area (Å²) < 4.78 is 50.4. The molecule has 36 nitrogen and oxygen atoms in total. The number of hydrogen-bond acceptors (Lipinski definition) is 30. The highest BCUT2D eigenvalue weighted by atomic mass is 31.0. The second kappa shape index (κ2) is 51.3. The van der Waals surface area contributed by atoms with Crippen LogP contribution in [-0.4, -0.2) is 232 Å². The van der Waals surface area contributed by atoms with Crippen molar-refractivity contribution in [1.82, 2.24) is 36.1 Å². The molecule has 4 bridgehead atoms. The number of nitrogens with one attached hydrogen (secondary N) is 5. The number of esters is 2. The molecule has 0 radical (unpaired) electrons. The Balaban J connectivity index is 0.000000187. The normalized spacial score (nSPS) is 21.4. The lowest BCUT2D eigenvalue weighted by Crippen LogP contribution is -2.65. The minimum Gasteiger partial charge on any atom is -0.494 e. The average molecular weight is 1980 g/mol. The summed E-state index contributed by atoms with van der Waals surface area (Å²) in [7, 11) is 14.9. The molecule has 14 rings (SSSR count). The Morgan fingerprint density at radius 2 is 1.06 bits per heavy atom. The number of piperidine rings is 2. The topological polar surface area (TPSA) is 505 Å². The SMILES string of the molecule is CC[C@@H](CCCCNC)C(=O)NC(CCC(=O)O)C(=O)CC(CCC(=O)O)C(=O)OC1=CC[C@H]2[C@H]3Cc4ccc(OC)c5c4[C@@]2(CCN3C)[C@H]1O5.CC[C@@H](CCCCNC)C(=O)NC(CCC(=O)OP)C(=O)CC(CCC(=O)OP)C(=O)ON1C(=O)CCC1=O.COc1ccc2c3c1O[C@H]1C(=O)CC[C@H]4[C@@H](C2)N(C)CC[C@]314.N=C(N)c1ccc2cc(OC(=O)c3ccc(OCCCCN)cc3)ccc2c1. The largest absolute Gasteiger partial charge is 0.494 e. The highest BCUT2D eigenvalue weighted by molar-refractivity contribution is 7.11. The molecule has 760 valence electrons. The number of nitrogen functional groups attached to an aromatic ring is 1. The van der Waals surface area contributed by atoms with E-state index in [9.17, 15) is 77.3 Å². The van der Waals surface area contributed by atoms with Crippen LogP contribution in [0.3, 0.4) is 0 Å². The second-order valence-electron chi connectivity index (χ2n) is 37.4. The van der Waals surface area contributed by atoms with Crippen molar-refractivity contribution in [3.05, 3.63) is 130 Å². The van der Waals surface area contributed by atoms with Gasteiger partial charge in [-0.15, -0.1) is 5.06 Å². The number of likely N-dealkylation sites (tertiary alicyclic amines) is 2. The van der Waals surface area contributed by atoms with Crippen LogP contribution in [0.4, 0.5) is 0 Å². The van der Waals surface area contributed by atoms with Crippen molar-refractivity contribution < 1.29 is 124 Å². The molecule has 1 saturated carbocycles. The molecule has 4 fully saturated rings. The first-order valence-corrected chi connectivity index (χ1v) is 49.6. The number of ether oxygens (including phenoxy) is 7. The van der Waals surface area contributed by atoms with E-state index in [2.05, 4.69) is 66.3 Å². The number of rotatable bonds is 48. The summed E-state index contributed by atoms with van der Waals surface area (Å²) in [6, 6.07) is 24.4. The number of nitrogens with zero attached hydrogens (tertiary/aromatic N) is 3. The highest BCUT2D eigenvalue weighted by Crippen LogP contribution is 2.65. The van der Waals surface area contributed by atoms with E-state index >= 15 is 0 Å². The fourth-order valence-corrected chi connectivity index (χ4v) is 21.5. The van der Waals surface area contributed by atoms with Crippen molar-refractivity contribution in [3.63, 3.8) is 0 Å². The zero-order valence-corrected chi connectivity index (χ0v) is 83.5. The summed E-state index contributed by atoms with van der Waals surface area (Å²) in [6.07, 6.45) is 11.8. The van der Waals surface area contributed by atoms with E-state index in [0.717, 1.165) is 125 Å². The Morgan fingerprint density at radius 1 is 0.564 bits per heavy atom. The van der Waals surface area contributed by atoms with E-state index in [1.54, 1.807) is 66.2 Å². The van der Waals surface area contributed by atoms with E-state index in [1.807, 2.05) is 73.8 Å². The first kappa shape index (κ1) is 109. The van der Waals surface area contributed by atoms with Gasteiger partial charge in [-0.1, -0.05) is 57.0 Å². The van der Waals surface area contributed by atoms with Crippen molar-refractivity contribution in [2.75, 3.05) is 81.7 Å². The number of amides is 4. The van der Waals surface area contributed by atoms with Crippen molar-refractivity contribution in [2.45, 2.75) is 247 Å². The Kier molecular flexibility index (Phi) is 40.0. The van der Waals surface area contributed by atoms with E-state index < -0.39 is 113 Å². The molecule has 4 aliphatic carbocycles. The predicted octanol–water partition coefficient (Wildman–Crippen LogP) is 10.3. The molecule has 5 aromatic carbocycles. The maximum Gasteiger partial charge on any atom is 0.343 e. The summed E-state index contributed by atoms with van der Waals surface area (Å²) in [6.45, 7) is 8.52. The monoisotopic (exact) mass is 1980 g/mol. The third-order valence-electron chi connectivity index (χ3n) is 28.8. The van der Waals surface area contributed by atoms with Gasteiger partial charge in [0.05, 0.1) is 69.2 Å². The Bertz CT molecular complexity index is 5350. The van der Waals surface area contributed by atoms with Crippen LogP contribution in [0.5, 0.6) is 34.5 Å². The van der Waals surface area contributed by atoms with Gasteiger partial charge in [0.2, 0.25) is 11.8 Å². The molecule has 11 N–H and O–H groups in total. The number of methoxy groups -OCH3 is 2. The number of carbonyl (C=O) groups excluding carboxylic acids is 12. The molecular weight excluding hydrogens is 1840 g/mol. The predicted molar refractivity (Wildman–Crippen MR) is 522 cm³/mol. The molecular formula is C102H136N10O26P2. The van der Waals surface area contributed by atoms with Crippen molar-refractivity contribution in [3.8, 4) is 34.5 Å². The summed E-state index contributed by atoms with van der Waals surface area (Å²) in [5, 5.41) is 40.2. The maximum absolute atomic E-state index is 14.0. The average Bonchev–Trinajstić information content (AvgIpc) is 1.51. The zero-order chi connectivity index (χ0) is 101. The van der Waals surface area contributed by atoms with E-state index in [1.165, 1.54) is 16.7 Å². The lowest BCUT2D eigenvalue weighted by atomic mass is 9.52. The fraction of sp³-hybridized carbons (Fsp3) is 0.559. The highest BCUT2D eigenvalue weighted by Gasteiger charge is 2.67. The first-order chi connectivity index (χ1) is 67.2. The van der Waals surface area contributed by atoms with Gasteiger partial charge < -0.3 is 99.8 Å². The van der Waals surface area contributed by atoms with Gasteiger partial charge in [-0.05, 0) is 271 Å². The summed E-state index contributed by atoms with van der Waals surface area (Å²) in [5.41, 5.74) is 16.5. The van der Waals surface area contributed by atoms with Crippen LogP contribution in [-0.2, 0) is 105 Å². The molecule has 5 heterocycles. The standard InChI is InChI=1S/C38H53N3O10.C24H39N3O10P2.C22H23N3O3.C18H21NO3/c1-5-22(8-6-7-18-39-2)36(47)40-26(12-16-32(45)46)28(42)21-24(10-15-31(43)44)37(48)50-30-14-11-25-27-20-23-9-13-29(49-4)34-33(23)38(25,35(30)51-34)17-19-41(27)3;1-3-15(6-4-5-13-25-2)23(33)26-17(8-12-22(32)37-39)18(28)14-16(7-11-21(31)36-38)24(34)35-27-19(29)9-10-20(27)30;23-11-1-2-12-27-19-8-5-15(6-9-19)22(26)28-20-10-7-16-13-18(21(24)25)4-3-17(16)14-20;1-19-8-7-18-11-4-5-13(20)17(18)22-16-14(21-2)6-3-10(15(16)18)9-12(11)19/h9,13-14,22,24-27,35,39H,5-8,10-12,15-21H2,1-4H3,(H,40,47)(H,43,44)(H,45,46);15-17,25H,3-14,38-39H2,1-2H3,(H,26,33);3-10,13-14H,1-2,11-12,23H2,(H3,24,25);3,6,11-12,17H,4-5,7-9H2,1-2H3/t22-,24?,25-,26?,27+,35-,38-;15-,16?,17?;;11-,12+,17-,18-/m00.0/s1. The zero-order valence-electron chi connectivity index (χ0n) is 81.2. The van der Waals surface area contributed by atoms with Gasteiger partial charge in [0.1, 0.15) is 23.1 Å². The molecule has 3 saturated heterocycles. The molecule has 2 spiro atoms. The number of allylic oxidation sites excluding steroid dienone is 1. The minimum absolute atomic E-state index is 0.0178. The number of amidine groups is 1. The second-order valence-corrected chi connectivity index (χ2v) is 37.9. The number of nitrogens with two attached hydrogens (primary N) is 2. The van der Waals surface area contributed by atoms with Gasteiger partial charge in [0, 0.05) is 109 Å². The molecule has 0 aromatic heterocycles. The molecule has 4 amide bonds. The number of hydroxylamine groups is 2. The van der Waals surface area contributed by atoms with Crippen molar-refractivity contribution in [1.29, 1.82) is 5.41 Å². The molecule has 140 heavy (non-hydrogen) atoms. The van der Waals surface area contributed by atoms with E-state index in [-0.39, 0.29) is 123 Å². The number of carboxylic acid groups (broad SMARTS) is 2. The smallest absolute Gasteiger partial charge is 0.343 e. The van der Waals surface area contributed by atoms with Gasteiger partial charge in [-0.3, -0.25) is 62.9 Å². The van der Waals surface area contributed by atoms with Crippen LogP contribution in [0, 0.1) is 40.9 Å². The van der Waals surface area contributed by atoms with E-state index in [0.29, 0.717) is 109 Å². The number of aliphatic carboxylic acids is 2. The first-order valence-electron chi connectivity index (χ1n) is 48.6. The number of hydrogen-bond donors (Lipinski definition) is 9. The quantitative estimate of drug-likeness (QED) is 0.00332. The summed E-state index contributed by atoms with van der Waals surface area (Å²) in [5.74, 6) is -6.54. The molecule has 5 aliphatic heterocycles. The Morgan fingerprint density at radius 3 is 1.59 bits per heavy atom. The van der Waals surface area contributed by atoms with Gasteiger partial charge in [0.15, 0.2) is 52.6 Å². The lowest BCUT2D eigenvalue weighted by Gasteiger charge is -2.57. The Hall–Kier alpha value is -11.4. The lowest BCUT2D eigenvalue weighted by molar-refractivity contribution is -0.201.